The van der Waals surface area contributed by atoms with Gasteiger partial charge in [-0.05, 0) is 41.4 Å². The maximum absolute atomic E-state index is 11.1. The molecule has 21 heavy (non-hydrogen) atoms. The van der Waals surface area contributed by atoms with E-state index in [2.05, 4.69) is 13.8 Å². The van der Waals surface area contributed by atoms with E-state index in [-0.39, 0.29) is 11.2 Å². The summed E-state index contributed by atoms with van der Waals surface area (Å²) >= 11 is 0. The molecule has 0 saturated carbocycles. The van der Waals surface area contributed by atoms with Crippen molar-refractivity contribution in [1.82, 2.24) is 0 Å². The third-order valence-electron chi connectivity index (χ3n) is 3.35. The number of rotatable bonds is 7. The Morgan fingerprint density at radius 3 is 2.29 bits per heavy atom. The van der Waals surface area contributed by atoms with Crippen LogP contribution in [0, 0.1) is 10.8 Å². The predicted octanol–water partition coefficient (Wildman–Crippen LogP) is 3.57. The topological polar surface area (TPSA) is 63.6 Å². The van der Waals surface area contributed by atoms with Gasteiger partial charge in [-0.2, -0.15) is 8.42 Å². The lowest BCUT2D eigenvalue weighted by Gasteiger charge is -2.34. The molecular weight excluding hydrogens is 288 g/mol. The molecule has 0 spiro atoms. The van der Waals surface area contributed by atoms with Gasteiger partial charge in [0.1, 0.15) is 5.75 Å². The van der Waals surface area contributed by atoms with Crippen LogP contribution in [0.2, 0.25) is 0 Å². The van der Waals surface area contributed by atoms with Crippen molar-refractivity contribution in [1.29, 1.82) is 0 Å². The second kappa shape index (κ2) is 6.36. The van der Waals surface area contributed by atoms with E-state index in [0.717, 1.165) is 17.7 Å². The second-order valence-electron chi connectivity index (χ2n) is 7.26. The highest BCUT2D eigenvalue weighted by molar-refractivity contribution is 7.85. The van der Waals surface area contributed by atoms with Gasteiger partial charge in [-0.1, -0.05) is 39.8 Å². The first kappa shape index (κ1) is 18.0. The Morgan fingerprint density at radius 1 is 1.14 bits per heavy atom. The first-order valence-corrected chi connectivity index (χ1v) is 8.62. The standard InChI is InChI=1S/C16H26O4S/c1-15(2,11-16(3,4)12-21(17,18)19)10-13-7-6-8-14(9-13)20-5/h6-9H,10-12H2,1-5H3,(H,17,18,19). The zero-order chi connectivity index (χ0) is 16.3. The first-order valence-electron chi connectivity index (χ1n) is 7.01. The van der Waals surface area contributed by atoms with Crippen LogP contribution in [0.5, 0.6) is 5.75 Å². The van der Waals surface area contributed by atoms with Gasteiger partial charge in [0.05, 0.1) is 12.9 Å². The van der Waals surface area contributed by atoms with Gasteiger partial charge in [-0.3, -0.25) is 4.55 Å². The van der Waals surface area contributed by atoms with Crippen molar-refractivity contribution in [2.24, 2.45) is 10.8 Å². The Hall–Kier alpha value is -1.07. The monoisotopic (exact) mass is 314 g/mol. The van der Waals surface area contributed by atoms with Crippen LogP contribution < -0.4 is 4.74 Å². The van der Waals surface area contributed by atoms with Crippen molar-refractivity contribution in [3.05, 3.63) is 29.8 Å². The molecule has 1 aromatic carbocycles. The Labute approximate surface area is 128 Å². The molecule has 0 fully saturated rings. The lowest BCUT2D eigenvalue weighted by atomic mass is 9.73. The van der Waals surface area contributed by atoms with Crippen LogP contribution >= 0.6 is 0 Å². The molecule has 0 amide bonds. The van der Waals surface area contributed by atoms with Crippen LogP contribution in [0.25, 0.3) is 0 Å². The van der Waals surface area contributed by atoms with Crippen molar-refractivity contribution >= 4 is 10.1 Å². The molecule has 1 N–H and O–H groups in total. The maximum Gasteiger partial charge on any atom is 0.265 e. The summed E-state index contributed by atoms with van der Waals surface area (Å²) in [5.74, 6) is 0.599. The Kier molecular flexibility index (Phi) is 5.45. The predicted molar refractivity (Wildman–Crippen MR) is 85.3 cm³/mol. The summed E-state index contributed by atoms with van der Waals surface area (Å²) in [6, 6.07) is 7.89. The number of hydrogen-bond acceptors (Lipinski definition) is 3. The van der Waals surface area contributed by atoms with Gasteiger partial charge in [0, 0.05) is 0 Å². The largest absolute Gasteiger partial charge is 0.497 e. The minimum Gasteiger partial charge on any atom is -0.497 e. The molecule has 0 bridgehead atoms. The summed E-state index contributed by atoms with van der Waals surface area (Å²) in [4.78, 5) is 0. The minimum atomic E-state index is -3.96. The van der Waals surface area contributed by atoms with E-state index in [0.29, 0.717) is 6.42 Å². The number of benzene rings is 1. The fourth-order valence-electron chi connectivity index (χ4n) is 3.24. The maximum atomic E-state index is 11.1. The highest BCUT2D eigenvalue weighted by atomic mass is 32.2. The molecule has 5 heteroatoms. The number of hydrogen-bond donors (Lipinski definition) is 1. The van der Waals surface area contributed by atoms with Gasteiger partial charge in [0.15, 0.2) is 0 Å². The molecule has 120 valence electrons. The second-order valence-corrected chi connectivity index (χ2v) is 8.71. The van der Waals surface area contributed by atoms with Crippen molar-refractivity contribution in [3.8, 4) is 5.75 Å². The SMILES string of the molecule is COc1cccc(CC(C)(C)CC(C)(C)CS(=O)(=O)O)c1. The smallest absolute Gasteiger partial charge is 0.265 e. The minimum absolute atomic E-state index is 0.0828. The molecule has 0 saturated heterocycles. The molecule has 0 aliphatic rings. The van der Waals surface area contributed by atoms with Crippen LogP contribution in [-0.2, 0) is 16.5 Å². The van der Waals surface area contributed by atoms with Gasteiger partial charge < -0.3 is 4.74 Å². The Balaban J connectivity index is 2.81. The molecule has 0 aliphatic carbocycles. The average Bonchev–Trinajstić information content (AvgIpc) is 2.23. The van der Waals surface area contributed by atoms with Gasteiger partial charge in [-0.25, -0.2) is 0 Å². The normalized spacial score (nSPS) is 13.2. The summed E-state index contributed by atoms with van der Waals surface area (Å²) in [6.45, 7) is 7.96. The Morgan fingerprint density at radius 2 is 1.76 bits per heavy atom. The van der Waals surface area contributed by atoms with Crippen LogP contribution in [0.3, 0.4) is 0 Å². The van der Waals surface area contributed by atoms with Gasteiger partial charge in [0.2, 0.25) is 0 Å². The zero-order valence-electron chi connectivity index (χ0n) is 13.5. The highest BCUT2D eigenvalue weighted by Crippen LogP contribution is 2.37. The van der Waals surface area contributed by atoms with Gasteiger partial charge in [-0.15, -0.1) is 0 Å². The van der Waals surface area contributed by atoms with E-state index in [4.69, 9.17) is 9.29 Å². The summed E-state index contributed by atoms with van der Waals surface area (Å²) in [7, 11) is -2.32. The molecule has 0 aromatic heterocycles. The molecule has 0 heterocycles. The van der Waals surface area contributed by atoms with E-state index in [1.165, 1.54) is 0 Å². The fourth-order valence-corrected chi connectivity index (χ4v) is 4.33. The Bertz CT molecular complexity index is 574. The van der Waals surface area contributed by atoms with Crippen molar-refractivity contribution < 1.29 is 17.7 Å². The molecule has 0 radical (unpaired) electrons. The summed E-state index contributed by atoms with van der Waals surface area (Å²) in [6.07, 6.45) is 1.51. The van der Waals surface area contributed by atoms with E-state index in [1.54, 1.807) is 7.11 Å². The third-order valence-corrected chi connectivity index (χ3v) is 4.49. The van der Waals surface area contributed by atoms with Gasteiger partial charge in [0.25, 0.3) is 10.1 Å². The molecule has 1 aromatic rings. The molecule has 1 rings (SSSR count). The van der Waals surface area contributed by atoms with Crippen molar-refractivity contribution in [2.45, 2.75) is 40.5 Å². The summed E-state index contributed by atoms with van der Waals surface area (Å²) in [5.41, 5.74) is 0.596. The summed E-state index contributed by atoms with van der Waals surface area (Å²) in [5, 5.41) is 0. The molecule has 0 unspecified atom stereocenters. The molecule has 0 atom stereocenters. The zero-order valence-corrected chi connectivity index (χ0v) is 14.3. The molecule has 0 aliphatic heterocycles. The lowest BCUT2D eigenvalue weighted by Crippen LogP contribution is -2.31. The number of ether oxygens (including phenoxy) is 1. The fraction of sp³-hybridized carbons (Fsp3) is 0.625. The van der Waals surface area contributed by atoms with Crippen molar-refractivity contribution in [2.75, 3.05) is 12.9 Å². The van der Waals surface area contributed by atoms with E-state index >= 15 is 0 Å². The van der Waals surface area contributed by atoms with Crippen LogP contribution in [0.4, 0.5) is 0 Å². The molecule has 4 nitrogen and oxygen atoms in total. The van der Waals surface area contributed by atoms with E-state index in [9.17, 15) is 8.42 Å². The number of methoxy groups -OCH3 is 1. The van der Waals surface area contributed by atoms with Crippen LogP contribution in [-0.4, -0.2) is 25.8 Å². The van der Waals surface area contributed by atoms with E-state index in [1.807, 2.05) is 38.1 Å². The average molecular weight is 314 g/mol. The first-order chi connectivity index (χ1) is 9.42. The van der Waals surface area contributed by atoms with Crippen LogP contribution in [0.1, 0.15) is 39.7 Å². The lowest BCUT2D eigenvalue weighted by molar-refractivity contribution is 0.211. The highest BCUT2D eigenvalue weighted by Gasteiger charge is 2.32. The molecular formula is C16H26O4S. The quantitative estimate of drug-likeness (QED) is 0.782. The van der Waals surface area contributed by atoms with Crippen LogP contribution in [0.15, 0.2) is 24.3 Å². The van der Waals surface area contributed by atoms with Crippen molar-refractivity contribution in [3.63, 3.8) is 0 Å². The third kappa shape index (κ3) is 6.96. The summed E-state index contributed by atoms with van der Waals surface area (Å²) < 4.78 is 36.5. The van der Waals surface area contributed by atoms with E-state index < -0.39 is 15.5 Å². The van der Waals surface area contributed by atoms with Gasteiger partial charge >= 0.3 is 0 Å².